The number of rotatable bonds is 7. The number of hydrazine groups is 1. The molecule has 0 amide bonds. The van der Waals surface area contributed by atoms with E-state index in [0.29, 0.717) is 16.7 Å². The maximum Gasteiger partial charge on any atom is 0.161 e. The zero-order valence-corrected chi connectivity index (χ0v) is 24.3. The topological polar surface area (TPSA) is 6.25 Å². The number of fused-ring (bicyclic) bond motifs is 5. The van der Waals surface area contributed by atoms with Crippen molar-refractivity contribution in [1.82, 2.24) is 5.01 Å². The molecule has 4 aliphatic carbocycles. The Hall–Kier alpha value is -0.790. The lowest BCUT2D eigenvalue weighted by atomic mass is 9.47. The maximum atomic E-state index is 4.21. The van der Waals surface area contributed by atoms with E-state index in [-0.39, 0.29) is 7.43 Å². The Bertz CT molecular complexity index is 698. The molecule has 4 saturated carbocycles. The van der Waals surface area contributed by atoms with E-state index in [4.69, 9.17) is 0 Å². The Kier molecular flexibility index (Phi) is 10.6. The van der Waals surface area contributed by atoms with Crippen molar-refractivity contribution < 1.29 is 4.68 Å². The Balaban J connectivity index is 0.00000140. The van der Waals surface area contributed by atoms with Gasteiger partial charge in [0.1, 0.15) is 0 Å². The molecule has 35 heavy (non-hydrogen) atoms. The summed E-state index contributed by atoms with van der Waals surface area (Å²) in [4.78, 5) is 0. The predicted octanol–water partition coefficient (Wildman–Crippen LogP) is 9.45. The SMILES string of the molecule is C.C=C(C)N(CC(C)C1CCC2C3CCC4C[C@@](C)(CCC)CCC4C3CCC12C)[N+](=C)C.CC. The molecule has 0 radical (unpaired) electrons. The van der Waals surface area contributed by atoms with Crippen molar-refractivity contribution in [2.24, 2.45) is 52.3 Å². The predicted molar refractivity (Wildman–Crippen MR) is 156 cm³/mol. The first kappa shape index (κ1) is 30.4. The number of hydrazone groups is 1. The lowest BCUT2D eigenvalue weighted by molar-refractivity contribution is -0.651. The minimum Gasteiger partial charge on any atom is -0.159 e. The highest BCUT2D eigenvalue weighted by Crippen LogP contribution is 2.66. The van der Waals surface area contributed by atoms with E-state index < -0.39 is 0 Å². The molecule has 0 aromatic heterocycles. The van der Waals surface area contributed by atoms with Crippen LogP contribution < -0.4 is 0 Å². The zero-order valence-electron chi connectivity index (χ0n) is 24.3. The standard InChI is InChI=1S/C30H53N2.C2H6.CH4/c1-9-16-29(5)17-14-24-23(19-29)10-11-26-25(24)15-18-30(6)27(12-13-28(26)30)22(4)20-32(21(2)3)31(7)8;1-2;/h22-28H,2,7,9-20H2,1,3-6,8H3;1-2H3;1H4/q+1;;/t22?,23?,24?,25?,26?,27?,28?,29-,30?;;/m0../s1. The third kappa shape index (κ3) is 5.87. The van der Waals surface area contributed by atoms with E-state index >= 15 is 0 Å². The molecule has 0 spiro atoms. The zero-order chi connectivity index (χ0) is 25.3. The van der Waals surface area contributed by atoms with Gasteiger partial charge in [-0.05, 0) is 123 Å². The summed E-state index contributed by atoms with van der Waals surface area (Å²) in [5.41, 5.74) is 2.32. The van der Waals surface area contributed by atoms with Crippen molar-refractivity contribution in [1.29, 1.82) is 0 Å². The van der Waals surface area contributed by atoms with Crippen molar-refractivity contribution >= 4 is 6.72 Å². The smallest absolute Gasteiger partial charge is 0.159 e. The van der Waals surface area contributed by atoms with Crippen LogP contribution >= 0.6 is 0 Å². The summed E-state index contributed by atoms with van der Waals surface area (Å²) in [6.45, 7) is 25.8. The largest absolute Gasteiger partial charge is 0.161 e. The quantitative estimate of drug-likeness (QED) is 0.197. The highest BCUT2D eigenvalue weighted by atomic mass is 15.5. The second kappa shape index (κ2) is 12.2. The van der Waals surface area contributed by atoms with Gasteiger partial charge in [-0.15, -0.1) is 4.68 Å². The molecule has 0 saturated heterocycles. The molecule has 0 N–H and O–H groups in total. The summed E-state index contributed by atoms with van der Waals surface area (Å²) in [5, 5.41) is 2.29. The van der Waals surface area contributed by atoms with Crippen LogP contribution in [-0.2, 0) is 0 Å². The van der Waals surface area contributed by atoms with Gasteiger partial charge in [0.05, 0.1) is 12.2 Å². The minimum atomic E-state index is 0. The molecule has 204 valence electrons. The molecule has 0 aliphatic heterocycles. The molecule has 0 heterocycles. The second-order valence-corrected chi connectivity index (χ2v) is 13.4. The molecule has 0 bridgehead atoms. The van der Waals surface area contributed by atoms with E-state index in [2.05, 4.69) is 60.0 Å². The third-order valence-corrected chi connectivity index (χ3v) is 11.3. The van der Waals surface area contributed by atoms with Crippen LogP contribution in [0.25, 0.3) is 0 Å². The van der Waals surface area contributed by atoms with Gasteiger partial charge in [0, 0.05) is 0 Å². The summed E-state index contributed by atoms with van der Waals surface area (Å²) >= 11 is 0. The lowest BCUT2D eigenvalue weighted by Crippen LogP contribution is -2.50. The molecule has 8 unspecified atom stereocenters. The molecule has 0 aromatic rings. The fourth-order valence-electron chi connectivity index (χ4n) is 9.98. The summed E-state index contributed by atoms with van der Waals surface area (Å²) in [6.07, 6.45) is 16.4. The third-order valence-electron chi connectivity index (χ3n) is 11.3. The molecule has 4 fully saturated rings. The van der Waals surface area contributed by atoms with E-state index in [1.807, 2.05) is 18.5 Å². The van der Waals surface area contributed by atoms with Crippen molar-refractivity contribution in [2.75, 3.05) is 13.6 Å². The average Bonchev–Trinajstić information content (AvgIpc) is 3.15. The van der Waals surface area contributed by atoms with Crippen LogP contribution in [0.1, 0.15) is 127 Å². The van der Waals surface area contributed by atoms with Gasteiger partial charge in [0.25, 0.3) is 0 Å². The maximum absolute atomic E-state index is 4.21. The Morgan fingerprint density at radius 2 is 1.66 bits per heavy atom. The van der Waals surface area contributed by atoms with E-state index in [0.717, 1.165) is 47.7 Å². The van der Waals surface area contributed by atoms with Crippen molar-refractivity contribution in [2.45, 2.75) is 127 Å². The minimum absolute atomic E-state index is 0. The van der Waals surface area contributed by atoms with Gasteiger partial charge in [0.15, 0.2) is 13.8 Å². The van der Waals surface area contributed by atoms with Gasteiger partial charge in [-0.25, -0.2) is 0 Å². The van der Waals surface area contributed by atoms with Crippen molar-refractivity contribution in [3.8, 4) is 0 Å². The van der Waals surface area contributed by atoms with Gasteiger partial charge >= 0.3 is 0 Å². The molecule has 0 aromatic carbocycles. The number of allylic oxidation sites excluding steroid dienone is 1. The normalized spacial score (nSPS) is 40.6. The molecule has 4 aliphatic rings. The van der Waals surface area contributed by atoms with Crippen LogP contribution in [0.15, 0.2) is 12.3 Å². The van der Waals surface area contributed by atoms with Gasteiger partial charge in [-0.1, -0.05) is 62.0 Å². The Labute approximate surface area is 221 Å². The van der Waals surface area contributed by atoms with E-state index in [1.165, 1.54) is 70.6 Å². The van der Waals surface area contributed by atoms with Gasteiger partial charge in [-0.3, -0.25) is 0 Å². The highest BCUT2D eigenvalue weighted by molar-refractivity contribution is 5.14. The van der Waals surface area contributed by atoms with Gasteiger partial charge in [0.2, 0.25) is 0 Å². The summed E-state index contributed by atoms with van der Waals surface area (Å²) in [7, 11) is 2.06. The molecule has 2 nitrogen and oxygen atoms in total. The lowest BCUT2D eigenvalue weighted by Gasteiger charge is -2.58. The van der Waals surface area contributed by atoms with E-state index in [1.54, 1.807) is 0 Å². The average molecular weight is 488 g/mol. The highest BCUT2D eigenvalue weighted by Gasteiger charge is 2.58. The Morgan fingerprint density at radius 1 is 1.00 bits per heavy atom. The molecule has 4 rings (SSSR count). The van der Waals surface area contributed by atoms with Crippen molar-refractivity contribution in [3.63, 3.8) is 0 Å². The molecular weight excluding hydrogens is 424 g/mol. The Morgan fingerprint density at radius 3 is 2.26 bits per heavy atom. The fraction of sp³-hybridized carbons (Fsp3) is 0.909. The summed E-state index contributed by atoms with van der Waals surface area (Å²) in [6, 6.07) is 0. The van der Waals surface area contributed by atoms with Crippen LogP contribution in [0.3, 0.4) is 0 Å². The van der Waals surface area contributed by atoms with Crippen LogP contribution in [0, 0.1) is 52.3 Å². The van der Waals surface area contributed by atoms with Crippen LogP contribution in [0.4, 0.5) is 0 Å². The molecule has 2 heteroatoms. The van der Waals surface area contributed by atoms with Crippen LogP contribution in [0.5, 0.6) is 0 Å². The first-order valence-corrected chi connectivity index (χ1v) is 15.1. The number of hydrogen-bond acceptors (Lipinski definition) is 1. The first-order chi connectivity index (χ1) is 16.1. The second-order valence-electron chi connectivity index (χ2n) is 13.4. The number of nitrogens with zero attached hydrogens (tertiary/aromatic N) is 2. The van der Waals surface area contributed by atoms with Crippen molar-refractivity contribution in [3.05, 3.63) is 12.3 Å². The van der Waals surface area contributed by atoms with Gasteiger partial charge < -0.3 is 0 Å². The first-order valence-electron chi connectivity index (χ1n) is 15.1. The van der Waals surface area contributed by atoms with Crippen LogP contribution in [-0.4, -0.2) is 30.0 Å². The van der Waals surface area contributed by atoms with Gasteiger partial charge in [-0.2, -0.15) is 5.01 Å². The number of hydrogen-bond donors (Lipinski definition) is 0. The molecule has 9 atom stereocenters. The summed E-state index contributed by atoms with van der Waals surface area (Å²) in [5.74, 6) is 6.70. The monoisotopic (exact) mass is 487 g/mol. The molecular formula is C33H63N2+. The van der Waals surface area contributed by atoms with E-state index in [9.17, 15) is 0 Å². The van der Waals surface area contributed by atoms with Crippen LogP contribution in [0.2, 0.25) is 0 Å². The summed E-state index contributed by atoms with van der Waals surface area (Å²) < 4.78 is 1.99. The fourth-order valence-corrected chi connectivity index (χ4v) is 9.98.